The van der Waals surface area contributed by atoms with Gasteiger partial charge in [0, 0.05) is 0 Å². The SMILES string of the molecule is CO[C-]=C=Cc1ccccc1.[Li+]. The number of hydrogen-bond donors (Lipinski definition) is 0. The number of methoxy groups -OCH3 is 1. The maximum atomic E-state index is 4.57. The summed E-state index contributed by atoms with van der Waals surface area (Å²) in [4.78, 5) is 0. The van der Waals surface area contributed by atoms with Gasteiger partial charge in [-0.05, 0) is 6.26 Å². The Kier molecular flexibility index (Phi) is 6.33. The number of ether oxygens (including phenoxy) is 1. The van der Waals surface area contributed by atoms with Crippen LogP contribution in [-0.4, -0.2) is 7.11 Å². The molecule has 2 heteroatoms. The fourth-order valence-corrected chi connectivity index (χ4v) is 0.721. The van der Waals surface area contributed by atoms with Gasteiger partial charge in [0.1, 0.15) is 0 Å². The summed E-state index contributed by atoms with van der Waals surface area (Å²) >= 11 is 0. The predicted molar refractivity (Wildman–Crippen MR) is 44.7 cm³/mol. The molecule has 0 atom stereocenters. The van der Waals surface area contributed by atoms with E-state index >= 15 is 0 Å². The molecule has 0 unspecified atom stereocenters. The summed E-state index contributed by atoms with van der Waals surface area (Å²) < 4.78 is 4.57. The Hall–Kier alpha value is -0.863. The third kappa shape index (κ3) is 4.11. The summed E-state index contributed by atoms with van der Waals surface area (Å²) in [6.45, 7) is 0. The molecule has 0 aromatic heterocycles. The van der Waals surface area contributed by atoms with Crippen LogP contribution in [0, 0.1) is 6.26 Å². The molecule has 1 aromatic carbocycles. The predicted octanol–water partition coefficient (Wildman–Crippen LogP) is -0.734. The Morgan fingerprint density at radius 1 is 1.33 bits per heavy atom. The molecule has 0 spiro atoms. The molecule has 1 nitrogen and oxygen atoms in total. The van der Waals surface area contributed by atoms with Crippen molar-refractivity contribution in [3.05, 3.63) is 47.9 Å². The van der Waals surface area contributed by atoms with Crippen molar-refractivity contribution in [3.63, 3.8) is 0 Å². The van der Waals surface area contributed by atoms with Gasteiger partial charge in [-0.25, -0.2) is 0 Å². The number of hydrogen-bond acceptors (Lipinski definition) is 1. The Morgan fingerprint density at radius 3 is 2.58 bits per heavy atom. The van der Waals surface area contributed by atoms with Gasteiger partial charge in [-0.3, -0.25) is 5.73 Å². The maximum Gasteiger partial charge on any atom is 1.00 e. The monoisotopic (exact) mass is 152 g/mol. The normalized spacial score (nSPS) is 7.42. The molecular formula is C10H9LiO. The van der Waals surface area contributed by atoms with E-state index in [1.165, 1.54) is 0 Å². The van der Waals surface area contributed by atoms with Crippen molar-refractivity contribution in [2.24, 2.45) is 0 Å². The molecule has 0 saturated heterocycles. The average Bonchev–Trinajstić information content (AvgIpc) is 2.07. The molecule has 0 aliphatic carbocycles. The van der Waals surface area contributed by atoms with Crippen molar-refractivity contribution in [2.75, 3.05) is 7.11 Å². The third-order valence-electron chi connectivity index (χ3n) is 1.20. The van der Waals surface area contributed by atoms with Crippen molar-refractivity contribution >= 4 is 6.08 Å². The van der Waals surface area contributed by atoms with E-state index in [1.807, 2.05) is 36.4 Å². The van der Waals surface area contributed by atoms with Crippen LogP contribution in [0.3, 0.4) is 0 Å². The van der Waals surface area contributed by atoms with Gasteiger partial charge in [0.15, 0.2) is 0 Å². The van der Waals surface area contributed by atoms with E-state index < -0.39 is 0 Å². The fourth-order valence-electron chi connectivity index (χ4n) is 0.721. The second kappa shape index (κ2) is 6.82. The van der Waals surface area contributed by atoms with Crippen LogP contribution >= 0.6 is 0 Å². The van der Waals surface area contributed by atoms with E-state index in [-0.39, 0.29) is 18.9 Å². The third-order valence-corrected chi connectivity index (χ3v) is 1.20. The molecule has 0 aliphatic rings. The Bertz CT molecular complexity index is 260. The Morgan fingerprint density at radius 2 is 2.00 bits per heavy atom. The van der Waals surface area contributed by atoms with Crippen LogP contribution in [0.5, 0.6) is 0 Å². The maximum absolute atomic E-state index is 4.57. The topological polar surface area (TPSA) is 9.23 Å². The number of benzene rings is 1. The molecule has 12 heavy (non-hydrogen) atoms. The van der Waals surface area contributed by atoms with Crippen molar-refractivity contribution in [2.45, 2.75) is 0 Å². The molecule has 1 rings (SSSR count). The van der Waals surface area contributed by atoms with Gasteiger partial charge in [0.25, 0.3) is 0 Å². The zero-order valence-electron chi connectivity index (χ0n) is 7.37. The van der Waals surface area contributed by atoms with Crippen LogP contribution in [0.25, 0.3) is 6.08 Å². The van der Waals surface area contributed by atoms with Gasteiger partial charge in [0.05, 0.1) is 7.11 Å². The zero-order valence-corrected chi connectivity index (χ0v) is 7.37. The van der Waals surface area contributed by atoms with Crippen LogP contribution in [0.2, 0.25) is 0 Å². The minimum atomic E-state index is 0. The summed E-state index contributed by atoms with van der Waals surface area (Å²) in [6.07, 6.45) is 4.30. The second-order valence-corrected chi connectivity index (χ2v) is 2.01. The smallest absolute Gasteiger partial charge is 0.588 e. The van der Waals surface area contributed by atoms with Crippen molar-refractivity contribution in [1.29, 1.82) is 0 Å². The van der Waals surface area contributed by atoms with Gasteiger partial charge in [-0.2, -0.15) is 6.08 Å². The first-order valence-electron chi connectivity index (χ1n) is 3.35. The van der Waals surface area contributed by atoms with Crippen LogP contribution in [0.15, 0.2) is 36.1 Å². The second-order valence-electron chi connectivity index (χ2n) is 2.01. The summed E-state index contributed by atoms with van der Waals surface area (Å²) in [7, 11) is 1.55. The molecule has 0 aliphatic heterocycles. The van der Waals surface area contributed by atoms with Crippen LogP contribution < -0.4 is 18.9 Å². The summed E-state index contributed by atoms with van der Waals surface area (Å²) in [6, 6.07) is 9.90. The molecule has 1 aromatic rings. The molecule has 0 bridgehead atoms. The first-order valence-corrected chi connectivity index (χ1v) is 3.35. The van der Waals surface area contributed by atoms with Gasteiger partial charge >= 0.3 is 18.9 Å². The molecular weight excluding hydrogens is 143 g/mol. The van der Waals surface area contributed by atoms with Gasteiger partial charge in [-0.15, -0.1) is 0 Å². The minimum Gasteiger partial charge on any atom is -0.588 e. The molecule has 0 amide bonds. The van der Waals surface area contributed by atoms with Crippen molar-refractivity contribution in [1.82, 2.24) is 0 Å². The largest absolute Gasteiger partial charge is 1.00 e. The molecule has 0 saturated carbocycles. The summed E-state index contributed by atoms with van der Waals surface area (Å²) in [5.41, 5.74) is 3.85. The molecule has 0 N–H and O–H groups in total. The molecule has 0 radical (unpaired) electrons. The minimum absolute atomic E-state index is 0. The Labute approximate surface area is 84.9 Å². The van der Waals surface area contributed by atoms with E-state index in [0.29, 0.717) is 0 Å². The fraction of sp³-hybridized carbons (Fsp3) is 0.100. The van der Waals surface area contributed by atoms with E-state index in [4.69, 9.17) is 0 Å². The number of rotatable bonds is 2. The Balaban J connectivity index is 0.00000121. The van der Waals surface area contributed by atoms with Crippen molar-refractivity contribution in [3.8, 4) is 0 Å². The van der Waals surface area contributed by atoms with Gasteiger partial charge in [0.2, 0.25) is 0 Å². The van der Waals surface area contributed by atoms with E-state index in [0.717, 1.165) is 5.56 Å². The van der Waals surface area contributed by atoms with Gasteiger partial charge < -0.3 is 4.74 Å². The van der Waals surface area contributed by atoms with E-state index in [1.54, 1.807) is 7.11 Å². The summed E-state index contributed by atoms with van der Waals surface area (Å²) in [5, 5.41) is 0. The molecule has 0 fully saturated rings. The van der Waals surface area contributed by atoms with E-state index in [2.05, 4.69) is 16.7 Å². The molecule has 56 valence electrons. The summed E-state index contributed by atoms with van der Waals surface area (Å²) in [5.74, 6) is 0. The van der Waals surface area contributed by atoms with Crippen LogP contribution in [-0.2, 0) is 4.74 Å². The standard InChI is InChI=1S/C10H9O.Li/c1-11-9-5-8-10-6-3-2-4-7-10;/h2-4,6-8H,1H3;/q-1;+1. The average molecular weight is 152 g/mol. The zero-order chi connectivity index (χ0) is 7.94. The molecule has 0 heterocycles. The first kappa shape index (κ1) is 11.1. The first-order chi connectivity index (χ1) is 5.43. The quantitative estimate of drug-likeness (QED) is 0.235. The van der Waals surface area contributed by atoms with Gasteiger partial charge in [-0.1, -0.05) is 35.9 Å². The van der Waals surface area contributed by atoms with Crippen LogP contribution in [0.1, 0.15) is 5.56 Å². The van der Waals surface area contributed by atoms with Crippen molar-refractivity contribution < 1.29 is 23.6 Å². The van der Waals surface area contributed by atoms with Crippen LogP contribution in [0.4, 0.5) is 0 Å². The van der Waals surface area contributed by atoms with E-state index in [9.17, 15) is 0 Å².